The minimum absolute atomic E-state index is 3.55. The monoisotopic (exact) mass is 200 g/mol. The predicted molar refractivity (Wildman–Crippen MR) is 26.6 cm³/mol. The molecule has 0 aromatic heterocycles. The fourth-order valence-corrected chi connectivity index (χ4v) is 0.429. The molecule has 0 amide bonds. The van der Waals surface area contributed by atoms with Crippen LogP contribution in [0.25, 0.3) is 0 Å². The number of halogens is 7. The lowest BCUT2D eigenvalue weighted by molar-refractivity contribution is -0.0787. The number of hydrogen-bond acceptors (Lipinski definition) is 0. The summed E-state index contributed by atoms with van der Waals surface area (Å²) in [7, 11) is 0. The van der Waals surface area contributed by atoms with E-state index in [2.05, 4.69) is 11.6 Å². The first-order valence-corrected chi connectivity index (χ1v) is 2.77. The first-order chi connectivity index (χ1) is 4.76. The topological polar surface area (TPSA) is 0 Å². The summed E-state index contributed by atoms with van der Waals surface area (Å²) in [5.74, 6) is 0. The van der Waals surface area contributed by atoms with E-state index in [1.807, 2.05) is 0 Å². The van der Waals surface area contributed by atoms with Crippen LogP contribution in [0.2, 0.25) is 0 Å². The van der Waals surface area contributed by atoms with E-state index in [-0.39, 0.29) is 0 Å². The molecule has 0 radical (unpaired) electrons. The molecule has 0 aliphatic heterocycles. The van der Waals surface area contributed by atoms with Gasteiger partial charge in [0.05, 0.1) is 0 Å². The molecule has 2 unspecified atom stereocenters. The Hall–Kier alpha value is -0.130. The minimum Gasteiger partial charge on any atom is -0.238 e. The maximum absolute atomic E-state index is 11.8. The molecule has 0 rings (SSSR count). The molecule has 0 spiro atoms. The van der Waals surface area contributed by atoms with Crippen LogP contribution in [0.1, 0.15) is 0 Å². The highest BCUT2D eigenvalue weighted by Crippen LogP contribution is 2.31. The zero-order valence-electron chi connectivity index (χ0n) is 4.88. The van der Waals surface area contributed by atoms with Crippen molar-refractivity contribution in [2.45, 2.75) is 24.2 Å². The lowest BCUT2D eigenvalue weighted by Crippen LogP contribution is -2.36. The molecule has 0 heterocycles. The average Bonchev–Trinajstić information content (AvgIpc) is 1.82. The van der Waals surface area contributed by atoms with Crippen LogP contribution in [-0.4, -0.2) is 24.2 Å². The Morgan fingerprint density at radius 1 is 1.00 bits per heavy atom. The highest BCUT2D eigenvalue weighted by Gasteiger charge is 2.47. The van der Waals surface area contributed by atoms with Crippen LogP contribution in [0.3, 0.4) is 0 Å². The van der Waals surface area contributed by atoms with E-state index >= 15 is 0 Å². The zero-order valence-corrected chi connectivity index (χ0v) is 5.63. The molecule has 2 atom stereocenters. The third-order valence-corrected chi connectivity index (χ3v) is 1.04. The third kappa shape index (κ3) is 3.18. The molecule has 0 fully saturated rings. The Labute approximate surface area is 63.1 Å². The van der Waals surface area contributed by atoms with Crippen LogP contribution in [0.15, 0.2) is 0 Å². The van der Waals surface area contributed by atoms with Crippen LogP contribution in [0.4, 0.5) is 26.3 Å². The molecular formula is C4H3ClF6. The minimum atomic E-state index is -4.59. The molecular weight excluding hydrogens is 197 g/mol. The van der Waals surface area contributed by atoms with Gasteiger partial charge in [0.2, 0.25) is 6.17 Å². The number of rotatable bonds is 3. The van der Waals surface area contributed by atoms with Crippen molar-refractivity contribution in [1.29, 1.82) is 0 Å². The number of hydrogen-bond donors (Lipinski definition) is 0. The fraction of sp³-hybridized carbons (Fsp3) is 1.00. The van der Waals surface area contributed by atoms with Crippen molar-refractivity contribution in [2.75, 3.05) is 0 Å². The molecule has 0 bridgehead atoms. The molecule has 11 heavy (non-hydrogen) atoms. The van der Waals surface area contributed by atoms with Gasteiger partial charge in [-0.25, -0.2) is 17.6 Å². The quantitative estimate of drug-likeness (QED) is 0.485. The molecule has 0 N–H and O–H groups in total. The molecule has 0 aliphatic carbocycles. The average molecular weight is 201 g/mol. The van der Waals surface area contributed by atoms with E-state index in [1.165, 1.54) is 0 Å². The Morgan fingerprint density at radius 2 is 1.36 bits per heavy atom. The van der Waals surface area contributed by atoms with Gasteiger partial charge in [0.25, 0.3) is 6.43 Å². The van der Waals surface area contributed by atoms with Crippen molar-refractivity contribution in [3.63, 3.8) is 0 Å². The molecule has 7 heteroatoms. The maximum Gasteiger partial charge on any atom is 0.355 e. The Kier molecular flexibility index (Phi) is 3.47. The van der Waals surface area contributed by atoms with Gasteiger partial charge in [-0.15, -0.1) is 0 Å². The molecule has 0 aliphatic rings. The van der Waals surface area contributed by atoms with Gasteiger partial charge in [0, 0.05) is 0 Å². The van der Waals surface area contributed by atoms with E-state index in [0.717, 1.165) is 0 Å². The summed E-state index contributed by atoms with van der Waals surface area (Å²) in [5, 5.41) is -4.59. The van der Waals surface area contributed by atoms with E-state index in [9.17, 15) is 26.3 Å². The highest BCUT2D eigenvalue weighted by molar-refractivity contribution is 6.22. The molecule has 0 nitrogen and oxygen atoms in total. The largest absolute Gasteiger partial charge is 0.355 e. The van der Waals surface area contributed by atoms with Crippen LogP contribution in [0, 0.1) is 0 Å². The Morgan fingerprint density at radius 3 is 1.45 bits per heavy atom. The summed E-state index contributed by atoms with van der Waals surface area (Å²) in [6.45, 7) is 0. The van der Waals surface area contributed by atoms with E-state index in [4.69, 9.17) is 0 Å². The van der Waals surface area contributed by atoms with Gasteiger partial charge in [-0.05, 0) is 11.6 Å². The molecule has 68 valence electrons. The summed E-state index contributed by atoms with van der Waals surface area (Å²) < 4.78 is 69.0. The fourth-order valence-electron chi connectivity index (χ4n) is 0.308. The Bertz CT molecular complexity index is 120. The molecule has 0 saturated heterocycles. The summed E-state index contributed by atoms with van der Waals surface area (Å²) in [6.07, 6.45) is -11.0. The van der Waals surface area contributed by atoms with E-state index < -0.39 is 24.2 Å². The molecule has 0 saturated carbocycles. The Balaban J connectivity index is 4.13. The predicted octanol–water partition coefficient (Wildman–Crippen LogP) is 2.76. The van der Waals surface area contributed by atoms with E-state index in [0.29, 0.717) is 0 Å². The van der Waals surface area contributed by atoms with Crippen LogP contribution in [-0.2, 0) is 0 Å². The van der Waals surface area contributed by atoms with Crippen LogP contribution >= 0.6 is 11.6 Å². The highest BCUT2D eigenvalue weighted by atomic mass is 35.5. The van der Waals surface area contributed by atoms with Crippen molar-refractivity contribution in [2.24, 2.45) is 0 Å². The van der Waals surface area contributed by atoms with Gasteiger partial charge >= 0.3 is 5.38 Å². The summed E-state index contributed by atoms with van der Waals surface area (Å²) in [4.78, 5) is 0. The summed E-state index contributed by atoms with van der Waals surface area (Å²) >= 11 is 3.94. The van der Waals surface area contributed by atoms with Gasteiger partial charge in [-0.2, -0.15) is 8.78 Å². The smallest absolute Gasteiger partial charge is 0.238 e. The summed E-state index contributed by atoms with van der Waals surface area (Å²) in [5.41, 5.74) is 0. The standard InChI is InChI=1S/C4H3ClF6/c5-4(10,11)2(7)1(6)3(8)9/h1-3H. The van der Waals surface area contributed by atoms with Crippen molar-refractivity contribution in [3.8, 4) is 0 Å². The normalized spacial score (nSPS) is 18.5. The second kappa shape index (κ2) is 3.51. The molecule has 0 aromatic rings. The maximum atomic E-state index is 11.8. The van der Waals surface area contributed by atoms with Crippen molar-refractivity contribution in [3.05, 3.63) is 0 Å². The molecule has 0 aromatic carbocycles. The van der Waals surface area contributed by atoms with Crippen LogP contribution in [0.5, 0.6) is 0 Å². The van der Waals surface area contributed by atoms with Gasteiger partial charge in [-0.1, -0.05) is 0 Å². The van der Waals surface area contributed by atoms with Crippen molar-refractivity contribution < 1.29 is 26.3 Å². The lowest BCUT2D eigenvalue weighted by atomic mass is 10.2. The van der Waals surface area contributed by atoms with Gasteiger partial charge < -0.3 is 0 Å². The second-order valence-corrected chi connectivity index (χ2v) is 2.23. The zero-order chi connectivity index (χ0) is 9.23. The van der Waals surface area contributed by atoms with Gasteiger partial charge in [-0.3, -0.25) is 0 Å². The number of alkyl halides is 7. The lowest BCUT2D eigenvalue weighted by Gasteiger charge is -2.16. The van der Waals surface area contributed by atoms with Gasteiger partial charge in [0.1, 0.15) is 0 Å². The first kappa shape index (κ1) is 10.9. The summed E-state index contributed by atoms with van der Waals surface area (Å²) in [6, 6.07) is 0. The van der Waals surface area contributed by atoms with E-state index in [1.54, 1.807) is 0 Å². The second-order valence-electron chi connectivity index (χ2n) is 1.72. The van der Waals surface area contributed by atoms with Crippen LogP contribution < -0.4 is 0 Å². The van der Waals surface area contributed by atoms with Gasteiger partial charge in [0.15, 0.2) is 6.17 Å². The third-order valence-electron chi connectivity index (χ3n) is 0.833. The SMILES string of the molecule is FC(F)C(F)C(F)C(F)(F)Cl. The van der Waals surface area contributed by atoms with Crippen molar-refractivity contribution in [1.82, 2.24) is 0 Å². The first-order valence-electron chi connectivity index (χ1n) is 2.40. The van der Waals surface area contributed by atoms with Crippen molar-refractivity contribution >= 4 is 11.6 Å².